The molecule has 2 nitrogen and oxygen atoms in total. The van der Waals surface area contributed by atoms with Crippen molar-refractivity contribution < 1.29 is 0 Å². The standard InChI is InChI=1S/C14H18N2/c1-10-6-12(7-13(9-15)11(10)2)8-14-4-3-5-16-14/h6-7,14,16H,3-5,8H2,1-2H3. The van der Waals surface area contributed by atoms with Crippen LogP contribution in [-0.2, 0) is 6.42 Å². The second-order valence-electron chi connectivity index (χ2n) is 4.69. The molecule has 0 radical (unpaired) electrons. The SMILES string of the molecule is Cc1cc(CC2CCCN2)cc(C#N)c1C. The maximum absolute atomic E-state index is 9.06. The molecule has 1 unspecified atom stereocenters. The molecule has 2 heteroatoms. The van der Waals surface area contributed by atoms with Crippen LogP contribution in [0.5, 0.6) is 0 Å². The Morgan fingerprint density at radius 1 is 1.44 bits per heavy atom. The second-order valence-corrected chi connectivity index (χ2v) is 4.69. The van der Waals surface area contributed by atoms with E-state index >= 15 is 0 Å². The molecule has 1 N–H and O–H groups in total. The van der Waals surface area contributed by atoms with Gasteiger partial charge in [0.25, 0.3) is 0 Å². The van der Waals surface area contributed by atoms with Gasteiger partial charge in [-0.2, -0.15) is 5.26 Å². The quantitative estimate of drug-likeness (QED) is 0.821. The molecule has 16 heavy (non-hydrogen) atoms. The van der Waals surface area contributed by atoms with Crippen molar-refractivity contribution in [2.75, 3.05) is 6.54 Å². The van der Waals surface area contributed by atoms with Crippen molar-refractivity contribution in [3.8, 4) is 6.07 Å². The minimum Gasteiger partial charge on any atom is -0.314 e. The van der Waals surface area contributed by atoms with Crippen molar-refractivity contribution in [1.29, 1.82) is 5.26 Å². The highest BCUT2D eigenvalue weighted by Crippen LogP contribution is 2.18. The van der Waals surface area contributed by atoms with Crippen molar-refractivity contribution in [3.05, 3.63) is 34.4 Å². The molecule has 84 valence electrons. The minimum atomic E-state index is 0.605. The van der Waals surface area contributed by atoms with Gasteiger partial charge in [0.2, 0.25) is 0 Å². The smallest absolute Gasteiger partial charge is 0.0994 e. The summed E-state index contributed by atoms with van der Waals surface area (Å²) < 4.78 is 0. The monoisotopic (exact) mass is 214 g/mol. The molecule has 0 saturated carbocycles. The molecule has 1 saturated heterocycles. The van der Waals surface area contributed by atoms with Crippen molar-refractivity contribution in [2.45, 2.75) is 39.2 Å². The van der Waals surface area contributed by atoms with Crippen molar-refractivity contribution in [1.82, 2.24) is 5.32 Å². The summed E-state index contributed by atoms with van der Waals surface area (Å²) in [6, 6.07) is 7.15. The molecule has 0 amide bonds. The van der Waals surface area contributed by atoms with Gasteiger partial charge in [-0.15, -0.1) is 0 Å². The number of nitrogens with zero attached hydrogens (tertiary/aromatic N) is 1. The van der Waals surface area contributed by atoms with E-state index in [1.54, 1.807) is 0 Å². The molecule has 1 aromatic carbocycles. The summed E-state index contributed by atoms with van der Waals surface area (Å²) in [5.74, 6) is 0. The van der Waals surface area contributed by atoms with E-state index in [9.17, 15) is 0 Å². The summed E-state index contributed by atoms with van der Waals surface area (Å²) in [5.41, 5.74) is 4.46. The third-order valence-electron chi connectivity index (χ3n) is 3.49. The first-order valence-corrected chi connectivity index (χ1v) is 5.94. The number of nitriles is 1. The van der Waals surface area contributed by atoms with Crippen molar-refractivity contribution in [2.24, 2.45) is 0 Å². The maximum atomic E-state index is 9.06. The predicted octanol–water partition coefficient (Wildman–Crippen LogP) is 2.47. The molecule has 1 heterocycles. The summed E-state index contributed by atoms with van der Waals surface area (Å²) in [4.78, 5) is 0. The van der Waals surface area contributed by atoms with E-state index in [4.69, 9.17) is 5.26 Å². The summed E-state index contributed by atoms with van der Waals surface area (Å²) in [7, 11) is 0. The highest BCUT2D eigenvalue weighted by atomic mass is 14.9. The topological polar surface area (TPSA) is 35.8 Å². The van der Waals surface area contributed by atoms with Crippen LogP contribution in [0.3, 0.4) is 0 Å². The molecule has 0 aliphatic carbocycles. The average molecular weight is 214 g/mol. The lowest BCUT2D eigenvalue weighted by Crippen LogP contribution is -2.23. The zero-order valence-corrected chi connectivity index (χ0v) is 10.0. The first kappa shape index (κ1) is 11.2. The number of aryl methyl sites for hydroxylation is 1. The Morgan fingerprint density at radius 2 is 2.25 bits per heavy atom. The number of hydrogen-bond acceptors (Lipinski definition) is 2. The lowest BCUT2D eigenvalue weighted by molar-refractivity contribution is 0.603. The number of rotatable bonds is 2. The van der Waals surface area contributed by atoms with Crippen LogP contribution in [0, 0.1) is 25.2 Å². The van der Waals surface area contributed by atoms with E-state index in [0.29, 0.717) is 6.04 Å². The van der Waals surface area contributed by atoms with Crippen LogP contribution in [0.2, 0.25) is 0 Å². The fraction of sp³-hybridized carbons (Fsp3) is 0.500. The van der Waals surface area contributed by atoms with E-state index in [0.717, 1.165) is 24.1 Å². The summed E-state index contributed by atoms with van der Waals surface area (Å²) in [5, 5.41) is 12.6. The molecular weight excluding hydrogens is 196 g/mol. The fourth-order valence-electron chi connectivity index (χ4n) is 2.38. The molecule has 1 atom stereocenters. The zero-order valence-electron chi connectivity index (χ0n) is 10.0. The van der Waals surface area contributed by atoms with Crippen LogP contribution in [0.4, 0.5) is 0 Å². The van der Waals surface area contributed by atoms with E-state index in [1.165, 1.54) is 24.0 Å². The maximum Gasteiger partial charge on any atom is 0.0994 e. The fourth-order valence-corrected chi connectivity index (χ4v) is 2.38. The molecule has 0 bridgehead atoms. The van der Waals surface area contributed by atoms with Gasteiger partial charge in [0.1, 0.15) is 0 Å². The molecule has 1 aliphatic rings. The Labute approximate surface area is 97.3 Å². The summed E-state index contributed by atoms with van der Waals surface area (Å²) >= 11 is 0. The van der Waals surface area contributed by atoms with Crippen LogP contribution in [0.1, 0.15) is 35.1 Å². The van der Waals surface area contributed by atoms with Gasteiger partial charge in [0.05, 0.1) is 11.6 Å². The van der Waals surface area contributed by atoms with Gasteiger partial charge in [-0.1, -0.05) is 6.07 Å². The Kier molecular flexibility index (Phi) is 3.26. The minimum absolute atomic E-state index is 0.605. The van der Waals surface area contributed by atoms with Crippen LogP contribution in [-0.4, -0.2) is 12.6 Å². The second kappa shape index (κ2) is 4.67. The Bertz CT molecular complexity index is 423. The van der Waals surface area contributed by atoms with Crippen molar-refractivity contribution >= 4 is 0 Å². The zero-order chi connectivity index (χ0) is 11.5. The van der Waals surface area contributed by atoms with E-state index < -0.39 is 0 Å². The summed E-state index contributed by atoms with van der Waals surface area (Å²) in [6.07, 6.45) is 3.59. The van der Waals surface area contributed by atoms with Crippen LogP contribution < -0.4 is 5.32 Å². The number of hydrogen-bond donors (Lipinski definition) is 1. The first-order chi connectivity index (χ1) is 7.70. The average Bonchev–Trinajstić information content (AvgIpc) is 2.76. The lowest BCUT2D eigenvalue weighted by Gasteiger charge is -2.12. The van der Waals surface area contributed by atoms with Crippen LogP contribution in [0.25, 0.3) is 0 Å². The van der Waals surface area contributed by atoms with Crippen LogP contribution >= 0.6 is 0 Å². The van der Waals surface area contributed by atoms with Crippen LogP contribution in [0.15, 0.2) is 12.1 Å². The van der Waals surface area contributed by atoms with E-state index in [-0.39, 0.29) is 0 Å². The third kappa shape index (κ3) is 2.25. The highest BCUT2D eigenvalue weighted by molar-refractivity contribution is 5.44. The Morgan fingerprint density at radius 3 is 2.88 bits per heavy atom. The number of benzene rings is 1. The Hall–Kier alpha value is -1.33. The molecule has 1 aliphatic heterocycles. The van der Waals surface area contributed by atoms with Gasteiger partial charge < -0.3 is 5.32 Å². The molecule has 1 aromatic rings. The lowest BCUT2D eigenvalue weighted by atomic mass is 9.96. The first-order valence-electron chi connectivity index (χ1n) is 5.94. The predicted molar refractivity (Wildman–Crippen MR) is 65.4 cm³/mol. The Balaban J connectivity index is 2.21. The number of nitrogens with one attached hydrogen (secondary N) is 1. The molecule has 1 fully saturated rings. The molecular formula is C14H18N2. The highest BCUT2D eigenvalue weighted by Gasteiger charge is 2.15. The summed E-state index contributed by atoms with van der Waals surface area (Å²) in [6.45, 7) is 5.24. The van der Waals surface area contributed by atoms with E-state index in [1.807, 2.05) is 13.0 Å². The van der Waals surface area contributed by atoms with Gasteiger partial charge in [-0.25, -0.2) is 0 Å². The third-order valence-corrected chi connectivity index (χ3v) is 3.49. The van der Waals surface area contributed by atoms with E-state index in [2.05, 4.69) is 24.4 Å². The van der Waals surface area contributed by atoms with Gasteiger partial charge in [-0.05, 0) is 62.4 Å². The van der Waals surface area contributed by atoms with Gasteiger partial charge >= 0.3 is 0 Å². The molecule has 2 rings (SSSR count). The molecule has 0 aromatic heterocycles. The van der Waals surface area contributed by atoms with Gasteiger partial charge in [0, 0.05) is 6.04 Å². The molecule has 0 spiro atoms. The normalized spacial score (nSPS) is 19.7. The van der Waals surface area contributed by atoms with Crippen molar-refractivity contribution in [3.63, 3.8) is 0 Å². The van der Waals surface area contributed by atoms with Gasteiger partial charge in [0.15, 0.2) is 0 Å². The van der Waals surface area contributed by atoms with Gasteiger partial charge in [-0.3, -0.25) is 0 Å². The largest absolute Gasteiger partial charge is 0.314 e.